The second kappa shape index (κ2) is 8.47. The van der Waals surface area contributed by atoms with Gasteiger partial charge >= 0.3 is 0 Å². The predicted octanol–water partition coefficient (Wildman–Crippen LogP) is 3.80. The van der Waals surface area contributed by atoms with Gasteiger partial charge in [0.05, 0.1) is 6.54 Å². The van der Waals surface area contributed by atoms with E-state index in [-0.39, 0.29) is 16.7 Å². The van der Waals surface area contributed by atoms with Crippen LogP contribution in [0.4, 0.5) is 0 Å². The molecule has 0 aliphatic carbocycles. The Labute approximate surface area is 187 Å². The molecule has 0 fully saturated rings. The van der Waals surface area contributed by atoms with Crippen molar-refractivity contribution in [2.24, 2.45) is 0 Å². The molecular weight excluding hydrogens is 466 g/mol. The number of aromatic amines is 1. The first kappa shape index (κ1) is 22.1. The van der Waals surface area contributed by atoms with E-state index in [2.05, 4.69) is 9.51 Å². The van der Waals surface area contributed by atoms with E-state index in [1.165, 1.54) is 12.1 Å². The summed E-state index contributed by atoms with van der Waals surface area (Å²) in [5.41, 5.74) is 3.87. The number of hydrogen-bond donors (Lipinski definition) is 2. The highest BCUT2D eigenvalue weighted by Crippen LogP contribution is 2.34. The Balaban J connectivity index is 1.56. The van der Waals surface area contributed by atoms with E-state index in [9.17, 15) is 14.3 Å². The lowest BCUT2D eigenvalue weighted by Crippen LogP contribution is -2.35. The molecule has 1 aromatic heterocycles. The minimum Gasteiger partial charge on any atom is -0.756 e. The van der Waals surface area contributed by atoms with E-state index in [4.69, 9.17) is 32.8 Å². The zero-order valence-electron chi connectivity index (χ0n) is 16.4. The number of nitrogens with zero attached hydrogens (tertiary/aromatic N) is 1. The van der Waals surface area contributed by atoms with Gasteiger partial charge in [0.1, 0.15) is 5.75 Å². The predicted molar refractivity (Wildman–Crippen MR) is 114 cm³/mol. The van der Waals surface area contributed by atoms with Crippen molar-refractivity contribution in [2.45, 2.75) is 19.9 Å². The summed E-state index contributed by atoms with van der Waals surface area (Å²) in [6.45, 7) is 1.83. The molecule has 1 unspecified atom stereocenters. The van der Waals surface area contributed by atoms with Crippen LogP contribution in [0.2, 0.25) is 10.0 Å². The van der Waals surface area contributed by atoms with Crippen molar-refractivity contribution in [2.75, 3.05) is 13.3 Å². The summed E-state index contributed by atoms with van der Waals surface area (Å²) in [6.07, 6.45) is 0.674. The Bertz CT molecular complexity index is 1220. The van der Waals surface area contributed by atoms with Crippen molar-refractivity contribution in [1.82, 2.24) is 9.88 Å². The second-order valence-corrected chi connectivity index (χ2v) is 9.23. The molecular formula is C20H18Cl2N2O6P-. The number of halogens is 2. The lowest BCUT2D eigenvalue weighted by Gasteiger charge is -2.27. The zero-order chi connectivity index (χ0) is 22.3. The van der Waals surface area contributed by atoms with Gasteiger partial charge < -0.3 is 24.4 Å². The number of rotatable bonds is 5. The number of H-pyrrole nitrogens is 1. The quantitative estimate of drug-likeness (QED) is 0.421. The first-order valence-corrected chi connectivity index (χ1v) is 11.6. The maximum absolute atomic E-state index is 13.1. The van der Waals surface area contributed by atoms with Crippen LogP contribution in [0.1, 0.15) is 27.2 Å². The Morgan fingerprint density at radius 2 is 2.10 bits per heavy atom. The number of ether oxygens (including phenoxy) is 1. The molecule has 4 rings (SSSR count). The molecule has 0 spiro atoms. The maximum atomic E-state index is 13.1. The van der Waals surface area contributed by atoms with Crippen LogP contribution < -0.4 is 9.63 Å². The van der Waals surface area contributed by atoms with Crippen molar-refractivity contribution in [1.29, 1.82) is 0 Å². The third-order valence-corrected chi connectivity index (χ3v) is 6.26. The van der Waals surface area contributed by atoms with E-state index in [1.54, 1.807) is 11.8 Å². The van der Waals surface area contributed by atoms with Crippen LogP contribution in [0.25, 0.3) is 10.9 Å². The molecule has 0 radical (unpaired) electrons. The van der Waals surface area contributed by atoms with E-state index in [0.717, 1.165) is 22.2 Å². The highest BCUT2D eigenvalue weighted by molar-refractivity contribution is 7.44. The third-order valence-electron chi connectivity index (χ3n) is 5.20. The van der Waals surface area contributed by atoms with E-state index in [0.29, 0.717) is 35.7 Å². The summed E-state index contributed by atoms with van der Waals surface area (Å²) in [7, 11) is -4.92. The molecule has 2 heterocycles. The Kier molecular flexibility index (Phi) is 6.05. The average molecular weight is 484 g/mol. The fourth-order valence-electron chi connectivity index (χ4n) is 3.65. The first-order chi connectivity index (χ1) is 14.6. The Morgan fingerprint density at radius 1 is 1.32 bits per heavy atom. The molecule has 0 saturated heterocycles. The van der Waals surface area contributed by atoms with Crippen LogP contribution in [-0.2, 0) is 22.1 Å². The Morgan fingerprint density at radius 3 is 2.84 bits per heavy atom. The number of carbonyl (C=O) groups excluding carboxylic acids is 1. The number of carbonyl (C=O) groups is 1. The van der Waals surface area contributed by atoms with Crippen molar-refractivity contribution in [3.8, 4) is 5.75 Å². The molecule has 164 valence electrons. The van der Waals surface area contributed by atoms with Crippen LogP contribution in [0.3, 0.4) is 0 Å². The van der Waals surface area contributed by atoms with Gasteiger partial charge in [0.25, 0.3) is 13.7 Å². The topological polar surface area (TPSA) is 115 Å². The third kappa shape index (κ3) is 4.75. The number of phosphoric ester groups is 1. The first-order valence-electron chi connectivity index (χ1n) is 9.32. The SMILES string of the molecule is Cc1c(Cl)cc(C(=O)N2CCc3c([nH]c4ccc(Cl)cc34)C2)cc1OCOP(=O)([O-])O. The summed E-state index contributed by atoms with van der Waals surface area (Å²) < 4.78 is 20.2. The molecule has 3 aromatic rings. The second-order valence-electron chi connectivity index (χ2n) is 7.19. The number of benzene rings is 2. The van der Waals surface area contributed by atoms with Gasteiger partial charge in [0.2, 0.25) is 0 Å². The lowest BCUT2D eigenvalue weighted by atomic mass is 10.0. The highest BCUT2D eigenvalue weighted by Gasteiger charge is 2.26. The van der Waals surface area contributed by atoms with Crippen LogP contribution in [0, 0.1) is 6.92 Å². The van der Waals surface area contributed by atoms with Crippen molar-refractivity contribution in [3.05, 3.63) is 62.8 Å². The van der Waals surface area contributed by atoms with Gasteiger partial charge in [-0.3, -0.25) is 13.9 Å². The number of fused-ring (bicyclic) bond motifs is 3. The van der Waals surface area contributed by atoms with Crippen LogP contribution in [0.5, 0.6) is 5.75 Å². The average Bonchev–Trinajstić information content (AvgIpc) is 3.06. The molecule has 2 N–H and O–H groups in total. The standard InChI is InChI=1S/C20H19Cl2N2O6P/c1-11-16(22)6-12(7-19(11)29-10-30-31(26,27)28)20(25)24-5-4-14-15-8-13(21)2-3-17(15)23-18(14)9-24/h2-3,6-8,23H,4-5,9-10H2,1H3,(H2,26,27,28)/p-1. The molecule has 0 saturated carbocycles. The van der Waals surface area contributed by atoms with Gasteiger partial charge in [-0.1, -0.05) is 23.2 Å². The van der Waals surface area contributed by atoms with Gasteiger partial charge in [0, 0.05) is 44.3 Å². The number of amides is 1. The van der Waals surface area contributed by atoms with Gasteiger partial charge in [-0.25, -0.2) is 0 Å². The molecule has 1 atom stereocenters. The largest absolute Gasteiger partial charge is 0.756 e. The molecule has 1 aliphatic heterocycles. The summed E-state index contributed by atoms with van der Waals surface area (Å²) in [5, 5.41) is 2.00. The zero-order valence-corrected chi connectivity index (χ0v) is 18.8. The van der Waals surface area contributed by atoms with Crippen LogP contribution in [-0.4, -0.2) is 34.0 Å². The fraction of sp³-hybridized carbons (Fsp3) is 0.250. The molecule has 2 aromatic carbocycles. The Hall–Kier alpha value is -2.06. The normalized spacial score (nSPS) is 15.6. The maximum Gasteiger partial charge on any atom is 0.268 e. The van der Waals surface area contributed by atoms with E-state index < -0.39 is 14.6 Å². The van der Waals surface area contributed by atoms with Gasteiger partial charge in [0.15, 0.2) is 6.79 Å². The van der Waals surface area contributed by atoms with Gasteiger partial charge in [-0.15, -0.1) is 0 Å². The van der Waals surface area contributed by atoms with Crippen molar-refractivity contribution >= 4 is 47.8 Å². The summed E-state index contributed by atoms with van der Waals surface area (Å²) in [4.78, 5) is 37.6. The van der Waals surface area contributed by atoms with E-state index in [1.807, 2.05) is 18.2 Å². The minimum atomic E-state index is -4.92. The van der Waals surface area contributed by atoms with Gasteiger partial charge in [-0.2, -0.15) is 0 Å². The molecule has 31 heavy (non-hydrogen) atoms. The van der Waals surface area contributed by atoms with Crippen molar-refractivity contribution in [3.63, 3.8) is 0 Å². The summed E-state index contributed by atoms with van der Waals surface area (Å²) >= 11 is 12.4. The van der Waals surface area contributed by atoms with Crippen LogP contribution >= 0.6 is 31.0 Å². The number of nitrogens with one attached hydrogen (secondary N) is 1. The molecule has 0 bridgehead atoms. The van der Waals surface area contributed by atoms with Crippen molar-refractivity contribution < 1.29 is 28.4 Å². The van der Waals surface area contributed by atoms with Gasteiger partial charge in [-0.05, 0) is 49.2 Å². The fourth-order valence-corrected chi connectivity index (χ4v) is 4.22. The summed E-state index contributed by atoms with van der Waals surface area (Å²) in [6, 6.07) is 8.67. The number of phosphoric acid groups is 1. The summed E-state index contributed by atoms with van der Waals surface area (Å²) in [5.74, 6) is -0.0612. The van der Waals surface area contributed by atoms with Crippen LogP contribution in [0.15, 0.2) is 30.3 Å². The monoisotopic (exact) mass is 483 g/mol. The lowest BCUT2D eigenvalue weighted by molar-refractivity contribution is -0.224. The number of hydrogen-bond acceptors (Lipinski definition) is 5. The highest BCUT2D eigenvalue weighted by atomic mass is 35.5. The molecule has 8 nitrogen and oxygen atoms in total. The van der Waals surface area contributed by atoms with E-state index >= 15 is 0 Å². The smallest absolute Gasteiger partial charge is 0.268 e. The number of aromatic nitrogens is 1. The minimum absolute atomic E-state index is 0.183. The molecule has 1 aliphatic rings. The molecule has 1 amide bonds. The molecule has 11 heteroatoms.